The summed E-state index contributed by atoms with van der Waals surface area (Å²) < 4.78 is 0. The van der Waals surface area contributed by atoms with Crippen molar-refractivity contribution in [2.24, 2.45) is 0 Å². The van der Waals surface area contributed by atoms with Crippen LogP contribution in [0.1, 0.15) is 17.5 Å². The van der Waals surface area contributed by atoms with Gasteiger partial charge in [-0.1, -0.05) is 48.5 Å². The number of rotatable bonds is 12. The van der Waals surface area contributed by atoms with Crippen molar-refractivity contribution in [2.45, 2.75) is 12.8 Å². The third-order valence-corrected chi connectivity index (χ3v) is 7.58. The molecule has 3 aromatic heterocycles. The molecule has 3 aromatic carbocycles. The van der Waals surface area contributed by atoms with E-state index in [0.29, 0.717) is 35.5 Å². The fourth-order valence-electron chi connectivity index (χ4n) is 5.32. The Morgan fingerprint density at radius 3 is 2.53 bits per heavy atom. The largest absolute Gasteiger partial charge is 0.353 e. The number of hydrogen-bond donors (Lipinski definition) is 3. The van der Waals surface area contributed by atoms with Gasteiger partial charge in [-0.25, -0.2) is 15.0 Å². The first-order chi connectivity index (χ1) is 22.9. The van der Waals surface area contributed by atoms with Crippen molar-refractivity contribution < 1.29 is 9.59 Å². The second-order valence-electron chi connectivity index (χ2n) is 11.3. The van der Waals surface area contributed by atoms with Crippen LogP contribution in [0.5, 0.6) is 0 Å². The number of nitrogens with one attached hydrogen (secondary N) is 3. The summed E-state index contributed by atoms with van der Waals surface area (Å²) >= 11 is 0. The van der Waals surface area contributed by atoms with Gasteiger partial charge in [-0.2, -0.15) is 5.10 Å². The van der Waals surface area contributed by atoms with Crippen LogP contribution in [0.3, 0.4) is 0 Å². The van der Waals surface area contributed by atoms with Crippen LogP contribution in [-0.4, -0.2) is 69.0 Å². The van der Waals surface area contributed by atoms with Crippen molar-refractivity contribution >= 4 is 56.6 Å². The number of para-hydroxylation sites is 1. The van der Waals surface area contributed by atoms with Gasteiger partial charge in [-0.15, -0.1) is 0 Å². The Labute approximate surface area is 272 Å². The van der Waals surface area contributed by atoms with Gasteiger partial charge in [0.2, 0.25) is 11.8 Å². The third-order valence-electron chi connectivity index (χ3n) is 7.58. The van der Waals surface area contributed by atoms with E-state index in [9.17, 15) is 9.59 Å². The number of carbonyl (C=O) groups is 2. The molecule has 0 atom stereocenters. The number of H-pyrrole nitrogens is 1. The molecule has 0 unspecified atom stereocenters. The third kappa shape index (κ3) is 7.66. The van der Waals surface area contributed by atoms with E-state index in [0.717, 1.165) is 40.8 Å². The maximum Gasteiger partial charge on any atom is 0.249 e. The average Bonchev–Trinajstić information content (AvgIpc) is 3.55. The summed E-state index contributed by atoms with van der Waals surface area (Å²) in [6.07, 6.45) is 8.85. The predicted molar refractivity (Wildman–Crippen MR) is 185 cm³/mol. The van der Waals surface area contributed by atoms with Gasteiger partial charge < -0.3 is 15.5 Å². The van der Waals surface area contributed by atoms with Crippen LogP contribution >= 0.6 is 0 Å². The van der Waals surface area contributed by atoms with Gasteiger partial charge in [-0.05, 0) is 74.9 Å². The molecule has 236 valence electrons. The molecule has 0 saturated heterocycles. The molecule has 0 spiro atoms. The quantitative estimate of drug-likeness (QED) is 0.120. The summed E-state index contributed by atoms with van der Waals surface area (Å²) in [5.74, 6) is 0.107. The lowest BCUT2D eigenvalue weighted by Gasteiger charge is -2.27. The molecule has 6 aromatic rings. The van der Waals surface area contributed by atoms with Crippen LogP contribution in [0.4, 0.5) is 23.0 Å². The lowest BCUT2D eigenvalue weighted by atomic mass is 10.0. The molecular weight excluding hydrogens is 590 g/mol. The van der Waals surface area contributed by atoms with E-state index in [1.165, 1.54) is 24.0 Å². The number of fused-ring (bicyclic) bond motifs is 2. The molecule has 47 heavy (non-hydrogen) atoms. The number of aromatic nitrogens is 5. The second kappa shape index (κ2) is 14.4. The van der Waals surface area contributed by atoms with Gasteiger partial charge in [0.15, 0.2) is 0 Å². The molecule has 0 fully saturated rings. The normalized spacial score (nSPS) is 11.4. The Morgan fingerprint density at radius 2 is 1.68 bits per heavy atom. The lowest BCUT2D eigenvalue weighted by molar-refractivity contribution is -0.117. The highest BCUT2D eigenvalue weighted by atomic mass is 16.2. The zero-order chi connectivity index (χ0) is 32.6. The highest BCUT2D eigenvalue weighted by molar-refractivity contribution is 6.04. The molecule has 2 amide bonds. The molecular formula is C36H35N9O2. The van der Waals surface area contributed by atoms with Gasteiger partial charge in [0.05, 0.1) is 29.1 Å². The summed E-state index contributed by atoms with van der Waals surface area (Å²) in [4.78, 5) is 42.8. The molecule has 0 aliphatic heterocycles. The molecule has 0 radical (unpaired) electrons. The van der Waals surface area contributed by atoms with Gasteiger partial charge in [-0.3, -0.25) is 19.6 Å². The minimum absolute atomic E-state index is 0.303. The fraction of sp³-hybridized carbons (Fsp3) is 0.167. The van der Waals surface area contributed by atoms with Gasteiger partial charge in [0.25, 0.3) is 0 Å². The van der Waals surface area contributed by atoms with Crippen molar-refractivity contribution in [1.29, 1.82) is 0 Å². The van der Waals surface area contributed by atoms with E-state index >= 15 is 0 Å². The van der Waals surface area contributed by atoms with Crippen LogP contribution in [0, 0.1) is 0 Å². The first-order valence-electron chi connectivity index (χ1n) is 15.3. The number of amides is 2. The SMILES string of the molecule is CN(C)CCCNC(=O)C=CC(=O)Nc1cc2c(N(c3ccc4[nH]ncc4c3)c3ccccc3Cc3ccccc3)ncnc2cn1. The number of hydrogen-bond acceptors (Lipinski definition) is 8. The maximum absolute atomic E-state index is 12.8. The zero-order valence-electron chi connectivity index (χ0n) is 26.2. The topological polar surface area (TPSA) is 132 Å². The van der Waals surface area contributed by atoms with Crippen molar-refractivity contribution in [1.82, 2.24) is 35.4 Å². The van der Waals surface area contributed by atoms with Crippen molar-refractivity contribution in [2.75, 3.05) is 37.4 Å². The Morgan fingerprint density at radius 1 is 0.872 bits per heavy atom. The predicted octanol–water partition coefficient (Wildman–Crippen LogP) is 5.52. The summed E-state index contributed by atoms with van der Waals surface area (Å²) in [6, 6.07) is 26.4. The smallest absolute Gasteiger partial charge is 0.249 e. The van der Waals surface area contributed by atoms with Crippen LogP contribution in [0.25, 0.3) is 21.8 Å². The molecule has 0 aliphatic rings. The van der Waals surface area contributed by atoms with Crippen LogP contribution in [0.15, 0.2) is 110 Å². The second-order valence-corrected chi connectivity index (χ2v) is 11.3. The minimum Gasteiger partial charge on any atom is -0.353 e. The Hall–Kier alpha value is -5.94. The highest BCUT2D eigenvalue weighted by Crippen LogP contribution is 2.40. The molecule has 0 bridgehead atoms. The van der Waals surface area contributed by atoms with Crippen LogP contribution in [0.2, 0.25) is 0 Å². The van der Waals surface area contributed by atoms with Gasteiger partial charge in [0.1, 0.15) is 18.0 Å². The highest BCUT2D eigenvalue weighted by Gasteiger charge is 2.21. The molecule has 3 N–H and O–H groups in total. The standard InChI is InChI=1S/C36H35N9O2/c1-44(2)18-8-17-37-34(46)15-16-35(47)42-33-21-29-31(23-38-33)39-24-40-36(29)45(28-13-14-30-27(20-28)22-41-43-30)32-12-7-6-11-26(32)19-25-9-4-3-5-10-25/h3-7,9-16,20-24H,8,17-19H2,1-2H3,(H,37,46)(H,41,43)(H,38,42,47). The number of pyridine rings is 1. The Balaban J connectivity index is 1.34. The van der Waals surface area contributed by atoms with Crippen molar-refractivity contribution in [3.8, 4) is 0 Å². The summed E-state index contributed by atoms with van der Waals surface area (Å²) in [7, 11) is 3.95. The first-order valence-corrected chi connectivity index (χ1v) is 15.3. The number of aromatic amines is 1. The van der Waals surface area contributed by atoms with E-state index in [1.54, 1.807) is 18.5 Å². The Bertz CT molecular complexity index is 2040. The number of nitrogens with zero attached hydrogens (tertiary/aromatic N) is 6. The fourth-order valence-corrected chi connectivity index (χ4v) is 5.32. The average molecular weight is 626 g/mol. The molecule has 0 saturated carbocycles. The van der Waals surface area contributed by atoms with E-state index in [2.05, 4.69) is 66.0 Å². The van der Waals surface area contributed by atoms with E-state index in [-0.39, 0.29) is 5.91 Å². The van der Waals surface area contributed by atoms with E-state index < -0.39 is 5.91 Å². The van der Waals surface area contributed by atoms with E-state index in [4.69, 9.17) is 4.98 Å². The van der Waals surface area contributed by atoms with Gasteiger partial charge >= 0.3 is 0 Å². The summed E-state index contributed by atoms with van der Waals surface area (Å²) in [6.45, 7) is 1.38. The lowest BCUT2D eigenvalue weighted by Crippen LogP contribution is -2.25. The summed E-state index contributed by atoms with van der Waals surface area (Å²) in [5.41, 5.74) is 5.63. The Kier molecular flexibility index (Phi) is 9.54. The molecule has 11 heteroatoms. The monoisotopic (exact) mass is 625 g/mol. The van der Waals surface area contributed by atoms with E-state index in [1.807, 2.05) is 61.5 Å². The zero-order valence-corrected chi connectivity index (χ0v) is 26.2. The number of carbonyl (C=O) groups excluding carboxylic acids is 2. The van der Waals surface area contributed by atoms with Crippen LogP contribution in [-0.2, 0) is 16.0 Å². The van der Waals surface area contributed by atoms with Crippen LogP contribution < -0.4 is 15.5 Å². The molecule has 11 nitrogen and oxygen atoms in total. The number of benzene rings is 3. The van der Waals surface area contributed by atoms with Gasteiger partial charge in [0, 0.05) is 35.2 Å². The minimum atomic E-state index is -0.478. The molecule has 6 rings (SSSR count). The van der Waals surface area contributed by atoms with Crippen molar-refractivity contribution in [3.05, 3.63) is 121 Å². The van der Waals surface area contributed by atoms with Crippen molar-refractivity contribution in [3.63, 3.8) is 0 Å². The molecule has 0 aliphatic carbocycles. The summed E-state index contributed by atoms with van der Waals surface area (Å²) in [5, 5.41) is 14.4. The maximum atomic E-state index is 12.8. The number of anilines is 4. The molecule has 3 heterocycles. The first kappa shape index (κ1) is 31.1.